The van der Waals surface area contributed by atoms with Gasteiger partial charge in [-0.1, -0.05) is 18.2 Å². The van der Waals surface area contributed by atoms with Crippen molar-refractivity contribution in [3.8, 4) is 0 Å². The van der Waals surface area contributed by atoms with Gasteiger partial charge in [0.15, 0.2) is 0 Å². The van der Waals surface area contributed by atoms with Crippen molar-refractivity contribution in [2.75, 3.05) is 11.9 Å². The molecule has 0 unspecified atom stereocenters. The molecule has 1 heterocycles. The van der Waals surface area contributed by atoms with E-state index in [0.717, 1.165) is 17.7 Å². The second-order valence-corrected chi connectivity index (χ2v) is 4.17. The molecule has 0 aromatic heterocycles. The van der Waals surface area contributed by atoms with Gasteiger partial charge in [0.25, 0.3) is 0 Å². The maximum absolute atomic E-state index is 11.9. The summed E-state index contributed by atoms with van der Waals surface area (Å²) >= 11 is 0. The second-order valence-electron chi connectivity index (χ2n) is 4.17. The largest absolute Gasteiger partial charge is 0.466 e. The van der Waals surface area contributed by atoms with E-state index in [1.54, 1.807) is 0 Å². The van der Waals surface area contributed by atoms with E-state index in [9.17, 15) is 4.79 Å². The Balaban J connectivity index is 2.30. The van der Waals surface area contributed by atoms with Gasteiger partial charge >= 0.3 is 5.97 Å². The molecular weight excluding hydrogens is 202 g/mol. The van der Waals surface area contributed by atoms with E-state index >= 15 is 0 Å². The first-order chi connectivity index (χ1) is 7.72. The molecule has 1 aromatic carbocycles. The number of fused-ring (bicyclic) bond motifs is 1. The van der Waals surface area contributed by atoms with E-state index in [0.29, 0.717) is 12.6 Å². The number of benzene rings is 1. The molecular formula is C13H17NO2. The van der Waals surface area contributed by atoms with Gasteiger partial charge in [0.2, 0.25) is 0 Å². The minimum absolute atomic E-state index is 0.108. The van der Waals surface area contributed by atoms with Gasteiger partial charge in [-0.15, -0.1) is 0 Å². The highest BCUT2D eigenvalue weighted by atomic mass is 16.5. The van der Waals surface area contributed by atoms with E-state index in [1.165, 1.54) is 0 Å². The number of rotatable bonds is 2. The highest BCUT2D eigenvalue weighted by Crippen LogP contribution is 2.34. The molecule has 0 spiro atoms. The molecule has 0 fully saturated rings. The van der Waals surface area contributed by atoms with Gasteiger partial charge in [0.1, 0.15) is 0 Å². The molecule has 0 radical (unpaired) electrons. The Morgan fingerprint density at radius 2 is 2.25 bits per heavy atom. The highest BCUT2D eigenvalue weighted by molar-refractivity contribution is 5.81. The molecule has 86 valence electrons. The number of ether oxygens (including phenoxy) is 1. The van der Waals surface area contributed by atoms with Crippen LogP contribution in [0.2, 0.25) is 0 Å². The summed E-state index contributed by atoms with van der Waals surface area (Å²) in [5, 5.41) is 3.38. The average molecular weight is 219 g/mol. The predicted molar refractivity (Wildman–Crippen MR) is 63.5 cm³/mol. The first-order valence-corrected chi connectivity index (χ1v) is 5.74. The number of hydrogen-bond acceptors (Lipinski definition) is 3. The van der Waals surface area contributed by atoms with Crippen molar-refractivity contribution in [3.63, 3.8) is 0 Å². The molecule has 1 aliphatic rings. The molecule has 1 N–H and O–H groups in total. The number of para-hydroxylation sites is 1. The summed E-state index contributed by atoms with van der Waals surface area (Å²) in [5.74, 6) is -0.226. The van der Waals surface area contributed by atoms with Crippen LogP contribution in [0.5, 0.6) is 0 Å². The topological polar surface area (TPSA) is 38.3 Å². The standard InChI is InChI=1S/C13H17NO2/c1-3-16-13(15)11-8-9(2)14-12-7-5-4-6-10(11)12/h4-7,9,11,14H,3,8H2,1-2H3/t9-,11+/m0/s1. The van der Waals surface area contributed by atoms with Gasteiger partial charge in [0.05, 0.1) is 12.5 Å². The van der Waals surface area contributed by atoms with E-state index in [-0.39, 0.29) is 11.9 Å². The molecule has 3 nitrogen and oxygen atoms in total. The fourth-order valence-electron chi connectivity index (χ4n) is 2.20. The zero-order valence-corrected chi connectivity index (χ0v) is 9.69. The molecule has 0 aliphatic carbocycles. The van der Waals surface area contributed by atoms with Gasteiger partial charge < -0.3 is 10.1 Å². The van der Waals surface area contributed by atoms with E-state index in [2.05, 4.69) is 12.2 Å². The van der Waals surface area contributed by atoms with Gasteiger partial charge in [-0.3, -0.25) is 4.79 Å². The van der Waals surface area contributed by atoms with E-state index < -0.39 is 0 Å². The van der Waals surface area contributed by atoms with Crippen molar-refractivity contribution in [1.29, 1.82) is 0 Å². The number of esters is 1. The Morgan fingerprint density at radius 1 is 1.50 bits per heavy atom. The average Bonchev–Trinajstić information content (AvgIpc) is 2.28. The second kappa shape index (κ2) is 4.56. The normalized spacial score (nSPS) is 23.1. The Labute approximate surface area is 95.8 Å². The lowest BCUT2D eigenvalue weighted by molar-refractivity contribution is -0.145. The lowest BCUT2D eigenvalue weighted by Crippen LogP contribution is -2.30. The lowest BCUT2D eigenvalue weighted by atomic mass is 9.87. The monoisotopic (exact) mass is 219 g/mol. The van der Waals surface area contributed by atoms with Gasteiger partial charge in [-0.25, -0.2) is 0 Å². The quantitative estimate of drug-likeness (QED) is 0.777. The minimum Gasteiger partial charge on any atom is -0.466 e. The minimum atomic E-state index is -0.118. The number of anilines is 1. The smallest absolute Gasteiger partial charge is 0.313 e. The number of carbonyl (C=O) groups excluding carboxylic acids is 1. The third kappa shape index (κ3) is 2.03. The highest BCUT2D eigenvalue weighted by Gasteiger charge is 2.30. The van der Waals surface area contributed by atoms with Gasteiger partial charge in [-0.05, 0) is 31.9 Å². The first kappa shape index (κ1) is 11.0. The molecule has 0 amide bonds. The number of nitrogens with one attached hydrogen (secondary N) is 1. The molecule has 0 saturated carbocycles. The summed E-state index contributed by atoms with van der Waals surface area (Å²) in [7, 11) is 0. The van der Waals surface area contributed by atoms with Crippen molar-refractivity contribution < 1.29 is 9.53 Å². The number of hydrogen-bond donors (Lipinski definition) is 1. The molecule has 0 bridgehead atoms. The van der Waals surface area contributed by atoms with Gasteiger partial charge in [-0.2, -0.15) is 0 Å². The fourth-order valence-corrected chi connectivity index (χ4v) is 2.20. The predicted octanol–water partition coefficient (Wildman–Crippen LogP) is 2.54. The molecule has 3 heteroatoms. The van der Waals surface area contributed by atoms with Crippen LogP contribution in [0, 0.1) is 0 Å². The Kier molecular flexibility index (Phi) is 3.13. The summed E-state index contributed by atoms with van der Waals surface area (Å²) in [4.78, 5) is 11.9. The van der Waals surface area contributed by atoms with Crippen LogP contribution in [0.15, 0.2) is 24.3 Å². The van der Waals surface area contributed by atoms with Crippen LogP contribution in [0.1, 0.15) is 31.7 Å². The van der Waals surface area contributed by atoms with E-state index in [1.807, 2.05) is 31.2 Å². The van der Waals surface area contributed by atoms with E-state index in [4.69, 9.17) is 4.74 Å². The fraction of sp³-hybridized carbons (Fsp3) is 0.462. The van der Waals surface area contributed by atoms with Crippen molar-refractivity contribution >= 4 is 11.7 Å². The van der Waals surface area contributed by atoms with Crippen LogP contribution < -0.4 is 5.32 Å². The first-order valence-electron chi connectivity index (χ1n) is 5.74. The molecule has 16 heavy (non-hydrogen) atoms. The molecule has 1 aliphatic heterocycles. The SMILES string of the molecule is CCOC(=O)[C@@H]1C[C@H](C)Nc2ccccc21. The third-order valence-electron chi connectivity index (χ3n) is 2.90. The van der Waals surface area contributed by atoms with Crippen LogP contribution in [0.4, 0.5) is 5.69 Å². The van der Waals surface area contributed by atoms with Crippen molar-refractivity contribution in [1.82, 2.24) is 0 Å². The molecule has 0 saturated heterocycles. The van der Waals surface area contributed by atoms with Crippen LogP contribution >= 0.6 is 0 Å². The van der Waals surface area contributed by atoms with Crippen molar-refractivity contribution in [3.05, 3.63) is 29.8 Å². The zero-order chi connectivity index (χ0) is 11.5. The van der Waals surface area contributed by atoms with Crippen LogP contribution in [-0.4, -0.2) is 18.6 Å². The maximum Gasteiger partial charge on any atom is 0.313 e. The maximum atomic E-state index is 11.9. The zero-order valence-electron chi connectivity index (χ0n) is 9.69. The summed E-state index contributed by atoms with van der Waals surface area (Å²) in [6.45, 7) is 4.37. The Morgan fingerprint density at radius 3 is 3.00 bits per heavy atom. The summed E-state index contributed by atoms with van der Waals surface area (Å²) in [6.07, 6.45) is 0.801. The molecule has 2 atom stereocenters. The van der Waals surface area contributed by atoms with Crippen LogP contribution in [0.3, 0.4) is 0 Å². The van der Waals surface area contributed by atoms with Crippen molar-refractivity contribution in [2.45, 2.75) is 32.2 Å². The summed E-state index contributed by atoms with van der Waals surface area (Å²) in [5.41, 5.74) is 2.11. The summed E-state index contributed by atoms with van der Waals surface area (Å²) in [6, 6.07) is 8.26. The Hall–Kier alpha value is -1.51. The van der Waals surface area contributed by atoms with Crippen LogP contribution in [-0.2, 0) is 9.53 Å². The summed E-state index contributed by atoms with van der Waals surface area (Å²) < 4.78 is 5.12. The molecule has 1 aromatic rings. The van der Waals surface area contributed by atoms with Crippen LogP contribution in [0.25, 0.3) is 0 Å². The molecule has 2 rings (SSSR count). The van der Waals surface area contributed by atoms with Gasteiger partial charge in [0, 0.05) is 11.7 Å². The lowest BCUT2D eigenvalue weighted by Gasteiger charge is -2.29. The Bertz CT molecular complexity index is 389. The number of carbonyl (C=O) groups is 1. The third-order valence-corrected chi connectivity index (χ3v) is 2.90. The van der Waals surface area contributed by atoms with Crippen molar-refractivity contribution in [2.24, 2.45) is 0 Å².